The van der Waals surface area contributed by atoms with Crippen LogP contribution in [0.5, 0.6) is 0 Å². The summed E-state index contributed by atoms with van der Waals surface area (Å²) in [5.74, 6) is -0.596. The van der Waals surface area contributed by atoms with E-state index in [1.54, 1.807) is 12.1 Å². The van der Waals surface area contributed by atoms with Crippen molar-refractivity contribution < 1.29 is 14.2 Å². The van der Waals surface area contributed by atoms with Crippen LogP contribution in [0.1, 0.15) is 15.9 Å². The van der Waals surface area contributed by atoms with Crippen LogP contribution in [0.4, 0.5) is 0 Å². The molecular formula is C8H7ClO3. The number of aliphatic hydroxyl groups excluding tert-OH is 1. The summed E-state index contributed by atoms with van der Waals surface area (Å²) in [6.45, 7) is -0.0454. The second kappa shape index (κ2) is 4.09. The van der Waals surface area contributed by atoms with Crippen LogP contribution in [0.15, 0.2) is 24.3 Å². The Hall–Kier alpha value is -1.06. The normalized spacial score (nSPS) is 9.50. The van der Waals surface area contributed by atoms with Crippen LogP contribution in [-0.4, -0.2) is 11.1 Å². The molecule has 0 aliphatic carbocycles. The van der Waals surface area contributed by atoms with Gasteiger partial charge in [-0.2, -0.15) is 0 Å². The summed E-state index contributed by atoms with van der Waals surface area (Å²) < 4.78 is 3.98. The Labute approximate surface area is 74.7 Å². The number of halogens is 1. The maximum Gasteiger partial charge on any atom is 0.356 e. The van der Waals surface area contributed by atoms with Crippen molar-refractivity contribution in [2.45, 2.75) is 6.61 Å². The molecule has 1 aromatic rings. The van der Waals surface area contributed by atoms with Gasteiger partial charge in [-0.3, -0.25) is 0 Å². The standard InChI is InChI=1S/C8H7ClO3/c9-12-8(11)7-3-1-6(5-10)2-4-7/h1-4,10H,5H2. The molecule has 0 spiro atoms. The average Bonchev–Trinajstić information content (AvgIpc) is 2.17. The summed E-state index contributed by atoms with van der Waals surface area (Å²) in [4.78, 5) is 10.8. The fourth-order valence-corrected chi connectivity index (χ4v) is 0.880. The van der Waals surface area contributed by atoms with Crippen LogP contribution in [0.2, 0.25) is 0 Å². The molecule has 1 N–H and O–H groups in total. The molecule has 0 bridgehead atoms. The van der Waals surface area contributed by atoms with E-state index < -0.39 is 5.97 Å². The van der Waals surface area contributed by atoms with Gasteiger partial charge in [0.25, 0.3) is 0 Å². The smallest absolute Gasteiger partial charge is 0.356 e. The Morgan fingerprint density at radius 3 is 2.42 bits per heavy atom. The third-order valence-corrected chi connectivity index (χ3v) is 1.58. The number of hydrogen-bond acceptors (Lipinski definition) is 3. The van der Waals surface area contributed by atoms with Gasteiger partial charge in [0.1, 0.15) is 11.9 Å². The summed E-state index contributed by atoms with van der Waals surface area (Å²) in [5.41, 5.74) is 1.10. The highest BCUT2D eigenvalue weighted by atomic mass is 35.5. The SMILES string of the molecule is O=C(OCl)c1ccc(CO)cc1. The zero-order chi connectivity index (χ0) is 8.97. The summed E-state index contributed by atoms with van der Waals surface area (Å²) in [7, 11) is 0. The van der Waals surface area contributed by atoms with Gasteiger partial charge in [0, 0.05) is 0 Å². The zero-order valence-electron chi connectivity index (χ0n) is 6.16. The van der Waals surface area contributed by atoms with Gasteiger partial charge in [-0.1, -0.05) is 12.1 Å². The second-order valence-electron chi connectivity index (χ2n) is 2.22. The van der Waals surface area contributed by atoms with Crippen molar-refractivity contribution in [1.82, 2.24) is 0 Å². The van der Waals surface area contributed by atoms with Crippen molar-refractivity contribution in [2.75, 3.05) is 0 Å². The van der Waals surface area contributed by atoms with E-state index in [9.17, 15) is 4.79 Å². The molecule has 3 nitrogen and oxygen atoms in total. The third-order valence-electron chi connectivity index (χ3n) is 1.44. The van der Waals surface area contributed by atoms with Crippen molar-refractivity contribution in [1.29, 1.82) is 0 Å². The van der Waals surface area contributed by atoms with Crippen LogP contribution in [0.25, 0.3) is 0 Å². The second-order valence-corrected chi connectivity index (χ2v) is 2.37. The third kappa shape index (κ3) is 1.96. The lowest BCUT2D eigenvalue weighted by molar-refractivity contribution is 0.0751. The van der Waals surface area contributed by atoms with E-state index in [-0.39, 0.29) is 6.61 Å². The maximum atomic E-state index is 10.8. The highest BCUT2D eigenvalue weighted by Gasteiger charge is 2.04. The van der Waals surface area contributed by atoms with Gasteiger partial charge in [0.15, 0.2) is 0 Å². The monoisotopic (exact) mass is 186 g/mol. The Bertz CT molecular complexity index is 268. The molecule has 1 rings (SSSR count). The molecule has 0 heterocycles. The lowest BCUT2D eigenvalue weighted by atomic mass is 10.1. The average molecular weight is 187 g/mol. The molecule has 0 fully saturated rings. The first-order valence-corrected chi connectivity index (χ1v) is 3.61. The Balaban J connectivity index is 2.84. The van der Waals surface area contributed by atoms with E-state index >= 15 is 0 Å². The number of carbonyl (C=O) groups excluding carboxylic acids is 1. The quantitative estimate of drug-likeness (QED) is 0.761. The lowest BCUT2D eigenvalue weighted by Crippen LogP contribution is -1.97. The summed E-state index contributed by atoms with van der Waals surface area (Å²) in [5, 5.41) is 8.68. The van der Waals surface area contributed by atoms with Gasteiger partial charge in [-0.15, -0.1) is 0 Å². The summed E-state index contributed by atoms with van der Waals surface area (Å²) in [6.07, 6.45) is 0. The van der Waals surface area contributed by atoms with Crippen LogP contribution in [0.3, 0.4) is 0 Å². The van der Waals surface area contributed by atoms with E-state index in [0.717, 1.165) is 5.56 Å². The fourth-order valence-electron chi connectivity index (χ4n) is 0.791. The molecular weight excluding hydrogens is 180 g/mol. The van der Waals surface area contributed by atoms with Gasteiger partial charge in [-0.25, -0.2) is 4.79 Å². The van der Waals surface area contributed by atoms with Crippen molar-refractivity contribution in [3.05, 3.63) is 35.4 Å². The molecule has 0 radical (unpaired) electrons. The van der Waals surface area contributed by atoms with Crippen molar-refractivity contribution in [3.63, 3.8) is 0 Å². The Morgan fingerprint density at radius 1 is 1.42 bits per heavy atom. The predicted octanol–water partition coefficient (Wildman–Crippen LogP) is 1.49. The summed E-state index contributed by atoms with van der Waals surface area (Å²) >= 11 is 4.86. The first-order chi connectivity index (χ1) is 5.77. The van der Waals surface area contributed by atoms with E-state index in [1.807, 2.05) is 0 Å². The molecule has 0 saturated heterocycles. The van der Waals surface area contributed by atoms with Crippen LogP contribution in [0, 0.1) is 0 Å². The minimum atomic E-state index is -0.596. The zero-order valence-corrected chi connectivity index (χ0v) is 6.91. The molecule has 64 valence electrons. The van der Waals surface area contributed by atoms with Gasteiger partial charge in [0.2, 0.25) is 0 Å². The molecule has 12 heavy (non-hydrogen) atoms. The first-order valence-electron chi connectivity index (χ1n) is 3.30. The van der Waals surface area contributed by atoms with Crippen molar-refractivity contribution in [3.8, 4) is 0 Å². The number of hydrogen-bond donors (Lipinski definition) is 1. The molecule has 0 aromatic heterocycles. The van der Waals surface area contributed by atoms with E-state index in [4.69, 9.17) is 17.0 Å². The molecule has 0 atom stereocenters. The van der Waals surface area contributed by atoms with Gasteiger partial charge in [0.05, 0.1) is 12.2 Å². The van der Waals surface area contributed by atoms with E-state index in [0.29, 0.717) is 5.56 Å². The molecule has 4 heteroatoms. The largest absolute Gasteiger partial charge is 0.392 e. The molecule has 0 aliphatic rings. The molecule has 0 unspecified atom stereocenters. The minimum Gasteiger partial charge on any atom is -0.392 e. The first kappa shape index (κ1) is 9.03. The molecule has 1 aromatic carbocycles. The van der Waals surface area contributed by atoms with E-state index in [2.05, 4.69) is 4.29 Å². The van der Waals surface area contributed by atoms with Crippen molar-refractivity contribution >= 4 is 17.8 Å². The Morgan fingerprint density at radius 2 is 2.00 bits per heavy atom. The van der Waals surface area contributed by atoms with Crippen molar-refractivity contribution in [2.24, 2.45) is 0 Å². The lowest BCUT2D eigenvalue weighted by Gasteiger charge is -1.97. The van der Waals surface area contributed by atoms with Gasteiger partial charge >= 0.3 is 5.97 Å². The minimum absolute atomic E-state index is 0.0454. The van der Waals surface area contributed by atoms with Crippen LogP contribution >= 0.6 is 11.9 Å². The highest BCUT2D eigenvalue weighted by Crippen LogP contribution is 2.06. The molecule has 0 aliphatic heterocycles. The topological polar surface area (TPSA) is 46.5 Å². The van der Waals surface area contributed by atoms with Gasteiger partial charge < -0.3 is 9.40 Å². The Kier molecular flexibility index (Phi) is 3.08. The molecule has 0 saturated carbocycles. The molecule has 0 amide bonds. The maximum absolute atomic E-state index is 10.8. The highest BCUT2D eigenvalue weighted by molar-refractivity contribution is 6.15. The summed E-state index contributed by atoms with van der Waals surface area (Å²) in [6, 6.07) is 6.33. The van der Waals surface area contributed by atoms with Crippen LogP contribution in [-0.2, 0) is 10.9 Å². The fraction of sp³-hybridized carbons (Fsp3) is 0.125. The predicted molar refractivity (Wildman–Crippen MR) is 43.6 cm³/mol. The number of benzene rings is 1. The van der Waals surface area contributed by atoms with Gasteiger partial charge in [-0.05, 0) is 17.7 Å². The van der Waals surface area contributed by atoms with E-state index in [1.165, 1.54) is 12.1 Å². The number of aliphatic hydroxyl groups is 1. The number of rotatable bonds is 2. The van der Waals surface area contributed by atoms with Crippen LogP contribution < -0.4 is 0 Å². The number of carbonyl (C=O) groups is 1.